The molecule has 1 saturated heterocycles. The fraction of sp³-hybridized carbons (Fsp3) is 0.610. The normalized spacial score (nSPS) is 23.8. The molecule has 7 unspecified atom stereocenters. The Balaban J connectivity index is 1.32. The summed E-state index contributed by atoms with van der Waals surface area (Å²) in [7, 11) is 0. The number of aryl methyl sites for hydroxylation is 1. The monoisotopic (exact) mass is 996 g/mol. The highest BCUT2D eigenvalue weighted by atomic mass is 19.1. The summed E-state index contributed by atoms with van der Waals surface area (Å²) in [6.45, 7) is 9.75. The van der Waals surface area contributed by atoms with E-state index in [1.54, 1.807) is 23.1 Å². The highest BCUT2D eigenvalue weighted by Crippen LogP contribution is 2.62. The number of fused-ring (bicyclic) bond motifs is 2. The van der Waals surface area contributed by atoms with Gasteiger partial charge in [-0.25, -0.2) is 9.18 Å². The highest BCUT2D eigenvalue weighted by molar-refractivity contribution is 6.03. The standard InChI is InChI=1S/C59H82FN3O9/c1-4-6-7-8-9-10-11-12-13-19-37-68-58(66)63(41-44-27-29-46(60)30-28-44)54-40-52(62-72-55-26-16-20-36-67-55)50-38-45(23-14-17-33-64)49(25-15-18-34-65)56-51-39-48(69-42-47-24-21-22-43(3)61-47)31-32-53(51)71-59(54,57(50)56)70-35-5-2/h5,21-22,24,27-32,38-39,45,49,54-57,64-65H,2,4,6-20,23,25-26,33-37,40-42H2,1,3H3. The minimum atomic E-state index is -1.51. The van der Waals surface area contributed by atoms with Gasteiger partial charge in [0.05, 0.1) is 37.1 Å². The second kappa shape index (κ2) is 28.6. The minimum absolute atomic E-state index is 0.0171. The number of carbonyl (C=O) groups is 1. The summed E-state index contributed by atoms with van der Waals surface area (Å²) in [5.41, 5.74) is 4.97. The van der Waals surface area contributed by atoms with Crippen molar-refractivity contribution in [1.29, 1.82) is 0 Å². The molecule has 13 heteroatoms. The molecule has 72 heavy (non-hydrogen) atoms. The van der Waals surface area contributed by atoms with Gasteiger partial charge in [-0.3, -0.25) is 9.88 Å². The summed E-state index contributed by atoms with van der Waals surface area (Å²) in [6.07, 6.45) is 21.8. The third-order valence-corrected chi connectivity index (χ3v) is 15.0. The van der Waals surface area contributed by atoms with Crippen LogP contribution in [0.4, 0.5) is 9.18 Å². The number of ether oxygens (including phenoxy) is 5. The zero-order valence-electron chi connectivity index (χ0n) is 43.2. The molecule has 1 amide bonds. The first kappa shape index (κ1) is 54.9. The van der Waals surface area contributed by atoms with Crippen molar-refractivity contribution in [3.63, 3.8) is 0 Å². The zero-order chi connectivity index (χ0) is 50.5. The van der Waals surface area contributed by atoms with Gasteiger partial charge in [0, 0.05) is 49.8 Å². The number of aliphatic hydroxyl groups excluding tert-OH is 2. The molecule has 12 nitrogen and oxygen atoms in total. The van der Waals surface area contributed by atoms with Gasteiger partial charge in [-0.05, 0) is 117 Å². The number of rotatable bonds is 30. The van der Waals surface area contributed by atoms with Crippen molar-refractivity contribution >= 4 is 11.8 Å². The number of unbranched alkanes of at least 4 members (excludes halogenated alkanes) is 11. The number of amides is 1. The molecular weight excluding hydrogens is 914 g/mol. The number of hydrogen-bond donors (Lipinski definition) is 2. The first-order valence-corrected chi connectivity index (χ1v) is 27.4. The van der Waals surface area contributed by atoms with Gasteiger partial charge < -0.3 is 38.7 Å². The first-order valence-electron chi connectivity index (χ1n) is 27.4. The third-order valence-electron chi connectivity index (χ3n) is 15.0. The molecule has 7 atom stereocenters. The average molecular weight is 996 g/mol. The summed E-state index contributed by atoms with van der Waals surface area (Å²) >= 11 is 0. The van der Waals surface area contributed by atoms with Crippen LogP contribution in [0.1, 0.15) is 164 Å². The topological polar surface area (TPSA) is 141 Å². The van der Waals surface area contributed by atoms with Crippen LogP contribution in [0.3, 0.4) is 0 Å². The Morgan fingerprint density at radius 2 is 1.68 bits per heavy atom. The fourth-order valence-corrected chi connectivity index (χ4v) is 11.4. The maximum Gasteiger partial charge on any atom is 0.410 e. The molecule has 0 bridgehead atoms. The van der Waals surface area contributed by atoms with Crippen molar-refractivity contribution in [3.8, 4) is 11.5 Å². The van der Waals surface area contributed by atoms with E-state index in [0.29, 0.717) is 48.6 Å². The summed E-state index contributed by atoms with van der Waals surface area (Å²) in [5, 5.41) is 25.1. The van der Waals surface area contributed by atoms with Crippen LogP contribution in [0.2, 0.25) is 0 Å². The Hall–Kier alpha value is -4.82. The molecule has 1 saturated carbocycles. The lowest BCUT2D eigenvalue weighted by atomic mass is 9.55. The zero-order valence-corrected chi connectivity index (χ0v) is 43.2. The molecule has 394 valence electrons. The highest BCUT2D eigenvalue weighted by Gasteiger charge is 2.66. The van der Waals surface area contributed by atoms with Crippen LogP contribution in [0, 0.1) is 30.5 Å². The van der Waals surface area contributed by atoms with E-state index in [0.717, 1.165) is 86.7 Å². The predicted molar refractivity (Wildman–Crippen MR) is 278 cm³/mol. The van der Waals surface area contributed by atoms with Crippen LogP contribution in [0.25, 0.3) is 0 Å². The van der Waals surface area contributed by atoms with Crippen molar-refractivity contribution < 1.29 is 47.9 Å². The summed E-state index contributed by atoms with van der Waals surface area (Å²) in [4.78, 5) is 27.8. The van der Waals surface area contributed by atoms with Crippen LogP contribution in [-0.2, 0) is 32.2 Å². The maximum atomic E-state index is 15.1. The van der Waals surface area contributed by atoms with Gasteiger partial charge in [-0.1, -0.05) is 113 Å². The molecule has 2 N–H and O–H groups in total. The molecule has 2 aromatic carbocycles. The first-order chi connectivity index (χ1) is 35.3. The summed E-state index contributed by atoms with van der Waals surface area (Å²) < 4.78 is 48.0. The molecule has 0 spiro atoms. The predicted octanol–water partition coefficient (Wildman–Crippen LogP) is 12.8. The summed E-state index contributed by atoms with van der Waals surface area (Å²) in [5.74, 6) is -1.34. The number of oxime groups is 1. The number of hydrogen-bond acceptors (Lipinski definition) is 11. The number of halogens is 1. The molecule has 3 aromatic rings. The van der Waals surface area contributed by atoms with Crippen molar-refractivity contribution in [3.05, 3.63) is 113 Å². The Morgan fingerprint density at radius 3 is 2.39 bits per heavy atom. The molecule has 2 aliphatic carbocycles. The molecule has 1 aromatic heterocycles. The number of carbonyl (C=O) groups excluding carboxylic acids is 1. The Morgan fingerprint density at radius 1 is 0.931 bits per heavy atom. The second-order valence-electron chi connectivity index (χ2n) is 20.3. The molecule has 2 aliphatic heterocycles. The largest absolute Gasteiger partial charge is 0.487 e. The van der Waals surface area contributed by atoms with Crippen LogP contribution in [0.5, 0.6) is 11.5 Å². The Kier molecular flexibility index (Phi) is 21.8. The van der Waals surface area contributed by atoms with E-state index in [1.165, 1.54) is 50.7 Å². The second-order valence-corrected chi connectivity index (χ2v) is 20.3. The average Bonchev–Trinajstić information content (AvgIpc) is 3.39. The lowest BCUT2D eigenvalue weighted by molar-refractivity contribution is -0.256. The smallest absolute Gasteiger partial charge is 0.410 e. The SMILES string of the molecule is C=CCOC12Oc3ccc(OCc4cccc(C)n4)cc3C3C(CCCCO)C(CCCCO)C=C(C(=NOC4CCCCO4)CC1N(Cc1ccc(F)cc1)C(=O)OCCCCCCCCCCCC)C32. The number of allylic oxidation sites excluding steroid dienone is 1. The van der Waals surface area contributed by atoms with Gasteiger partial charge in [0.2, 0.25) is 12.1 Å². The molecule has 4 aliphatic rings. The number of aromatic nitrogens is 1. The Bertz CT molecular complexity index is 2200. The van der Waals surface area contributed by atoms with Gasteiger partial charge in [-0.15, -0.1) is 6.58 Å². The van der Waals surface area contributed by atoms with Gasteiger partial charge in [0.15, 0.2) is 0 Å². The summed E-state index contributed by atoms with van der Waals surface area (Å²) in [6, 6.07) is 17.2. The van der Waals surface area contributed by atoms with Crippen LogP contribution >= 0.6 is 0 Å². The van der Waals surface area contributed by atoms with E-state index < -0.39 is 30.1 Å². The van der Waals surface area contributed by atoms with Gasteiger partial charge in [-0.2, -0.15) is 0 Å². The maximum absolute atomic E-state index is 15.1. The van der Waals surface area contributed by atoms with Crippen LogP contribution in [-0.4, -0.2) is 83.1 Å². The Labute approximate surface area is 428 Å². The van der Waals surface area contributed by atoms with E-state index >= 15 is 4.79 Å². The molecule has 7 rings (SSSR count). The van der Waals surface area contributed by atoms with Crippen molar-refractivity contribution in [2.45, 2.75) is 179 Å². The minimum Gasteiger partial charge on any atom is -0.487 e. The third kappa shape index (κ3) is 14.7. The van der Waals surface area contributed by atoms with E-state index in [2.05, 4.69) is 30.6 Å². The van der Waals surface area contributed by atoms with Crippen LogP contribution < -0.4 is 9.47 Å². The number of aliphatic hydroxyl groups is 2. The number of nitrogens with zero attached hydrogens (tertiary/aromatic N) is 3. The van der Waals surface area contributed by atoms with Gasteiger partial charge in [0.1, 0.15) is 30.0 Å². The molecule has 0 radical (unpaired) electrons. The van der Waals surface area contributed by atoms with Crippen molar-refractivity contribution in [1.82, 2.24) is 9.88 Å². The van der Waals surface area contributed by atoms with E-state index in [4.69, 9.17) is 33.7 Å². The van der Waals surface area contributed by atoms with Crippen LogP contribution in [0.15, 0.2) is 90.1 Å². The van der Waals surface area contributed by atoms with Gasteiger partial charge in [0.25, 0.3) is 0 Å². The van der Waals surface area contributed by atoms with Gasteiger partial charge >= 0.3 is 6.09 Å². The lowest BCUT2D eigenvalue weighted by Gasteiger charge is -2.60. The van der Waals surface area contributed by atoms with E-state index in [9.17, 15) is 14.6 Å². The number of benzene rings is 2. The molecular formula is C59H82FN3O9. The molecule has 3 heterocycles. The van der Waals surface area contributed by atoms with Crippen molar-refractivity contribution in [2.24, 2.45) is 22.9 Å². The van der Waals surface area contributed by atoms with E-state index in [1.807, 2.05) is 37.3 Å². The quantitative estimate of drug-likeness (QED) is 0.0377. The fourth-order valence-electron chi connectivity index (χ4n) is 11.4. The van der Waals surface area contributed by atoms with Crippen molar-refractivity contribution in [2.75, 3.05) is 33.0 Å². The lowest BCUT2D eigenvalue weighted by Crippen LogP contribution is -2.70. The molecule has 2 fully saturated rings. The van der Waals surface area contributed by atoms with E-state index in [-0.39, 0.29) is 69.6 Å². The number of pyridine rings is 1.